The highest BCUT2D eigenvalue weighted by molar-refractivity contribution is 7.10. The summed E-state index contributed by atoms with van der Waals surface area (Å²) in [5, 5.41) is 2.05. The normalized spacial score (nSPS) is 27.2. The molecule has 0 bridgehead atoms. The van der Waals surface area contributed by atoms with E-state index in [1.54, 1.807) is 11.3 Å². The molecule has 2 atom stereocenters. The quantitative estimate of drug-likeness (QED) is 0.429. The van der Waals surface area contributed by atoms with Gasteiger partial charge in [-0.3, -0.25) is 4.79 Å². The van der Waals surface area contributed by atoms with Gasteiger partial charge in [0.05, 0.1) is 0 Å². The Morgan fingerprint density at radius 2 is 1.95 bits per heavy atom. The molecule has 0 fully saturated rings. The van der Waals surface area contributed by atoms with Gasteiger partial charge in [-0.25, -0.2) is 0 Å². The van der Waals surface area contributed by atoms with Gasteiger partial charge in [0.1, 0.15) is 11.2 Å². The van der Waals surface area contributed by atoms with Gasteiger partial charge >= 0.3 is 5.97 Å². The topological polar surface area (TPSA) is 26.3 Å². The Morgan fingerprint density at radius 1 is 1.14 bits per heavy atom. The fraction of sp³-hybridized carbons (Fsp3) is 0.316. The van der Waals surface area contributed by atoms with E-state index in [0.717, 1.165) is 23.5 Å². The molecule has 1 aliphatic carbocycles. The van der Waals surface area contributed by atoms with Gasteiger partial charge in [0.25, 0.3) is 0 Å². The first kappa shape index (κ1) is 13.8. The van der Waals surface area contributed by atoms with E-state index in [-0.39, 0.29) is 11.9 Å². The molecule has 112 valence electrons. The number of hydrogen-bond donors (Lipinski definition) is 0. The number of fused-ring (bicyclic) bond motifs is 3. The summed E-state index contributed by atoms with van der Waals surface area (Å²) in [4.78, 5) is 14.2. The number of para-hydroxylation sites is 1. The minimum Gasteiger partial charge on any atom is -0.426 e. The zero-order chi connectivity index (χ0) is 15.3. The lowest BCUT2D eigenvalue weighted by atomic mass is 9.60. The highest BCUT2D eigenvalue weighted by Gasteiger charge is 2.55. The number of rotatable bonds is 1. The van der Waals surface area contributed by atoms with Gasteiger partial charge in [-0.2, -0.15) is 0 Å². The molecule has 0 N–H and O–H groups in total. The minimum absolute atomic E-state index is 0.0921. The Hall–Kier alpha value is -1.87. The van der Waals surface area contributed by atoms with Crippen LogP contribution in [0.25, 0.3) is 0 Å². The average Bonchev–Trinajstić information content (AvgIpc) is 3.04. The molecule has 0 saturated heterocycles. The summed E-state index contributed by atoms with van der Waals surface area (Å²) in [5.41, 5.74) is 3.34. The average molecular weight is 310 g/mol. The van der Waals surface area contributed by atoms with E-state index in [0.29, 0.717) is 0 Å². The van der Waals surface area contributed by atoms with Crippen LogP contribution in [0.1, 0.15) is 43.0 Å². The maximum Gasteiger partial charge on any atom is 0.323 e. The molecule has 2 nitrogen and oxygen atoms in total. The van der Waals surface area contributed by atoms with Crippen LogP contribution in [0.4, 0.5) is 0 Å². The Balaban J connectivity index is 1.98. The minimum atomic E-state index is -0.549. The number of esters is 1. The second kappa shape index (κ2) is 4.82. The van der Waals surface area contributed by atoms with Gasteiger partial charge < -0.3 is 4.74 Å². The summed E-state index contributed by atoms with van der Waals surface area (Å²) in [6, 6.07) is 12.1. The summed E-state index contributed by atoms with van der Waals surface area (Å²) in [6.07, 6.45) is 1.69. The van der Waals surface area contributed by atoms with Crippen molar-refractivity contribution < 1.29 is 9.53 Å². The summed E-state index contributed by atoms with van der Waals surface area (Å²) < 4.78 is 5.76. The van der Waals surface area contributed by atoms with E-state index < -0.39 is 5.41 Å². The summed E-state index contributed by atoms with van der Waals surface area (Å²) in [7, 11) is 0. The maximum atomic E-state index is 13.0. The summed E-state index contributed by atoms with van der Waals surface area (Å²) in [6.45, 7) is 4.34. The number of benzene rings is 1. The van der Waals surface area contributed by atoms with Crippen molar-refractivity contribution >= 4 is 17.3 Å². The molecule has 0 saturated carbocycles. The molecular formula is C19H18O2S. The third kappa shape index (κ3) is 1.75. The molecule has 4 rings (SSSR count). The zero-order valence-electron chi connectivity index (χ0n) is 12.8. The SMILES string of the molecule is CC1=C(C)C[C@]2(c3cccs3)C(=O)Oc3ccccc3[C@@H]2C1. The molecule has 1 aliphatic heterocycles. The Morgan fingerprint density at radius 3 is 2.73 bits per heavy atom. The highest BCUT2D eigenvalue weighted by Crippen LogP contribution is 2.56. The van der Waals surface area contributed by atoms with E-state index in [2.05, 4.69) is 31.4 Å². The van der Waals surface area contributed by atoms with Crippen molar-refractivity contribution in [2.75, 3.05) is 0 Å². The van der Waals surface area contributed by atoms with Gasteiger partial charge in [0, 0.05) is 10.8 Å². The molecule has 0 unspecified atom stereocenters. The molecule has 3 heteroatoms. The van der Waals surface area contributed by atoms with Crippen LogP contribution in [0.5, 0.6) is 5.75 Å². The Labute approximate surface area is 134 Å². The fourth-order valence-electron chi connectivity index (χ4n) is 3.88. The number of thiophene rings is 1. The van der Waals surface area contributed by atoms with Crippen LogP contribution in [0.3, 0.4) is 0 Å². The largest absolute Gasteiger partial charge is 0.426 e. The molecule has 1 aromatic heterocycles. The van der Waals surface area contributed by atoms with Crippen LogP contribution in [0.15, 0.2) is 52.9 Å². The molecule has 0 radical (unpaired) electrons. The highest BCUT2D eigenvalue weighted by atomic mass is 32.1. The van der Waals surface area contributed by atoms with Crippen molar-refractivity contribution in [3.8, 4) is 5.75 Å². The van der Waals surface area contributed by atoms with Crippen LogP contribution >= 0.6 is 11.3 Å². The third-order valence-corrected chi connectivity index (χ3v) is 6.25. The van der Waals surface area contributed by atoms with Crippen LogP contribution in [-0.2, 0) is 10.2 Å². The van der Waals surface area contributed by atoms with E-state index in [1.165, 1.54) is 16.7 Å². The molecule has 0 amide bonds. The Bertz CT molecular complexity index is 772. The van der Waals surface area contributed by atoms with Crippen molar-refractivity contribution in [1.82, 2.24) is 0 Å². The maximum absolute atomic E-state index is 13.0. The van der Waals surface area contributed by atoms with E-state index in [4.69, 9.17) is 4.74 Å². The molecule has 1 aromatic carbocycles. The van der Waals surface area contributed by atoms with Gasteiger partial charge in [-0.1, -0.05) is 35.4 Å². The zero-order valence-corrected chi connectivity index (χ0v) is 13.6. The number of hydrogen-bond acceptors (Lipinski definition) is 3. The summed E-state index contributed by atoms with van der Waals surface area (Å²) in [5.74, 6) is 0.815. The molecule has 2 heterocycles. The lowest BCUT2D eigenvalue weighted by Gasteiger charge is -2.45. The van der Waals surface area contributed by atoms with Gasteiger partial charge in [0.2, 0.25) is 0 Å². The van der Waals surface area contributed by atoms with Crippen molar-refractivity contribution in [2.24, 2.45) is 0 Å². The van der Waals surface area contributed by atoms with Gasteiger partial charge in [-0.05, 0) is 49.8 Å². The molecule has 0 spiro atoms. The van der Waals surface area contributed by atoms with Crippen LogP contribution in [0.2, 0.25) is 0 Å². The standard InChI is InChI=1S/C19H18O2S/c1-12-10-15-14-6-3-4-7-16(14)21-18(20)19(15,11-13(12)2)17-8-5-9-22-17/h3-9,15H,10-11H2,1-2H3/t15-,19-/m0/s1. The molecule has 22 heavy (non-hydrogen) atoms. The number of allylic oxidation sites excluding steroid dienone is 2. The molecule has 2 aromatic rings. The smallest absolute Gasteiger partial charge is 0.323 e. The van der Waals surface area contributed by atoms with E-state index in [1.807, 2.05) is 24.3 Å². The molecule has 2 aliphatic rings. The first-order chi connectivity index (χ1) is 10.6. The second-order valence-corrected chi connectivity index (χ2v) is 7.32. The van der Waals surface area contributed by atoms with Crippen molar-refractivity contribution in [3.05, 3.63) is 63.4 Å². The van der Waals surface area contributed by atoms with Crippen LogP contribution < -0.4 is 4.74 Å². The Kier molecular flexibility index (Phi) is 3.01. The first-order valence-electron chi connectivity index (χ1n) is 7.63. The third-order valence-electron chi connectivity index (χ3n) is 5.20. The molecular weight excluding hydrogens is 292 g/mol. The monoisotopic (exact) mass is 310 g/mol. The number of ether oxygens (including phenoxy) is 1. The van der Waals surface area contributed by atoms with Crippen molar-refractivity contribution in [3.63, 3.8) is 0 Å². The van der Waals surface area contributed by atoms with Crippen LogP contribution in [0, 0.1) is 0 Å². The van der Waals surface area contributed by atoms with Gasteiger partial charge in [-0.15, -0.1) is 11.3 Å². The predicted molar refractivity (Wildman–Crippen MR) is 88.4 cm³/mol. The van der Waals surface area contributed by atoms with Crippen LogP contribution in [-0.4, -0.2) is 5.97 Å². The summed E-state index contributed by atoms with van der Waals surface area (Å²) >= 11 is 1.66. The lowest BCUT2D eigenvalue weighted by molar-refractivity contribution is -0.144. The van der Waals surface area contributed by atoms with Crippen molar-refractivity contribution in [1.29, 1.82) is 0 Å². The van der Waals surface area contributed by atoms with E-state index in [9.17, 15) is 4.79 Å². The van der Waals surface area contributed by atoms with Gasteiger partial charge in [0.15, 0.2) is 0 Å². The predicted octanol–water partition coefficient (Wildman–Crippen LogP) is 4.82. The van der Waals surface area contributed by atoms with Crippen molar-refractivity contribution in [2.45, 2.75) is 38.0 Å². The lowest BCUT2D eigenvalue weighted by Crippen LogP contribution is -2.49. The first-order valence-corrected chi connectivity index (χ1v) is 8.51. The second-order valence-electron chi connectivity index (χ2n) is 6.37. The number of carbonyl (C=O) groups is 1. The fourth-order valence-corrected chi connectivity index (χ4v) is 4.85. The number of carbonyl (C=O) groups excluding carboxylic acids is 1. The van der Waals surface area contributed by atoms with E-state index >= 15 is 0 Å².